The van der Waals surface area contributed by atoms with E-state index in [9.17, 15) is 14.5 Å². The predicted octanol–water partition coefficient (Wildman–Crippen LogP) is 2.06. The maximum atomic E-state index is 13.5. The van der Waals surface area contributed by atoms with Crippen LogP contribution in [0.4, 0.5) is 10.1 Å². The molecule has 2 heterocycles. The van der Waals surface area contributed by atoms with Gasteiger partial charge in [0.05, 0.1) is 4.92 Å². The number of hydrogen-bond donors (Lipinski definition) is 1. The predicted molar refractivity (Wildman–Crippen MR) is 72.9 cm³/mol. The molecule has 2 atom stereocenters. The average Bonchev–Trinajstić information content (AvgIpc) is 2.99. The van der Waals surface area contributed by atoms with Crippen molar-refractivity contribution in [2.75, 3.05) is 13.1 Å². The number of fused-ring (bicyclic) bond motifs is 1. The summed E-state index contributed by atoms with van der Waals surface area (Å²) in [6, 6.07) is 5.18. The highest BCUT2D eigenvalue weighted by atomic mass is 19.1. The molecule has 0 aliphatic carbocycles. The van der Waals surface area contributed by atoms with Crippen LogP contribution in [0.3, 0.4) is 0 Å². The maximum absolute atomic E-state index is 13.5. The molecule has 0 bridgehead atoms. The van der Waals surface area contributed by atoms with E-state index in [1.807, 2.05) is 0 Å². The van der Waals surface area contributed by atoms with Crippen molar-refractivity contribution in [2.24, 2.45) is 0 Å². The molecule has 2 aliphatic rings. The Morgan fingerprint density at radius 1 is 1.40 bits per heavy atom. The zero-order valence-corrected chi connectivity index (χ0v) is 11.2. The minimum absolute atomic E-state index is 0.454. The maximum Gasteiger partial charge on any atom is 0.304 e. The van der Waals surface area contributed by atoms with Gasteiger partial charge < -0.3 is 5.32 Å². The van der Waals surface area contributed by atoms with Gasteiger partial charge in [-0.25, -0.2) is 0 Å². The molecule has 0 spiro atoms. The Labute approximate surface area is 116 Å². The van der Waals surface area contributed by atoms with Crippen LogP contribution in [0.5, 0.6) is 0 Å². The minimum atomic E-state index is -0.761. The smallest absolute Gasteiger partial charge is 0.304 e. The van der Waals surface area contributed by atoms with Crippen molar-refractivity contribution < 1.29 is 9.31 Å². The van der Waals surface area contributed by atoms with E-state index in [4.69, 9.17) is 0 Å². The van der Waals surface area contributed by atoms with Crippen LogP contribution in [-0.4, -0.2) is 35.0 Å². The molecule has 6 heteroatoms. The van der Waals surface area contributed by atoms with E-state index in [1.54, 1.807) is 6.07 Å². The summed E-state index contributed by atoms with van der Waals surface area (Å²) in [5.41, 5.74) is 0.293. The van der Waals surface area contributed by atoms with Gasteiger partial charge in [-0.05, 0) is 37.4 Å². The summed E-state index contributed by atoms with van der Waals surface area (Å²) in [6.45, 7) is 2.88. The molecule has 0 amide bonds. The third-order valence-electron chi connectivity index (χ3n) is 4.38. The molecular formula is C14H18FN3O2. The van der Waals surface area contributed by atoms with Crippen LogP contribution in [0.1, 0.15) is 24.8 Å². The summed E-state index contributed by atoms with van der Waals surface area (Å²) in [5.74, 6) is -0.761. The van der Waals surface area contributed by atoms with E-state index in [0.717, 1.165) is 18.5 Å². The highest BCUT2D eigenvalue weighted by Gasteiger charge is 2.36. The molecule has 2 aliphatic heterocycles. The topological polar surface area (TPSA) is 58.4 Å². The number of nitro groups is 1. The van der Waals surface area contributed by atoms with Gasteiger partial charge >= 0.3 is 5.69 Å². The van der Waals surface area contributed by atoms with Crippen molar-refractivity contribution in [2.45, 2.75) is 37.9 Å². The lowest BCUT2D eigenvalue weighted by molar-refractivity contribution is -0.387. The number of nitro benzene ring substituents is 1. The highest BCUT2D eigenvalue weighted by molar-refractivity contribution is 5.35. The van der Waals surface area contributed by atoms with Crippen LogP contribution < -0.4 is 5.32 Å². The van der Waals surface area contributed by atoms with Gasteiger partial charge in [0.15, 0.2) is 0 Å². The Morgan fingerprint density at radius 2 is 2.25 bits per heavy atom. The second kappa shape index (κ2) is 5.46. The van der Waals surface area contributed by atoms with E-state index in [0.29, 0.717) is 18.6 Å². The second-order valence-corrected chi connectivity index (χ2v) is 5.56. The first-order valence-electron chi connectivity index (χ1n) is 7.05. The average molecular weight is 279 g/mol. The van der Waals surface area contributed by atoms with Crippen molar-refractivity contribution in [1.82, 2.24) is 10.2 Å². The summed E-state index contributed by atoms with van der Waals surface area (Å²) in [5, 5.41) is 14.0. The van der Waals surface area contributed by atoms with Crippen molar-refractivity contribution >= 4 is 5.69 Å². The molecule has 1 aromatic carbocycles. The van der Waals surface area contributed by atoms with Crippen LogP contribution >= 0.6 is 0 Å². The molecule has 2 fully saturated rings. The van der Waals surface area contributed by atoms with Gasteiger partial charge in [0.25, 0.3) is 0 Å². The molecule has 0 saturated carbocycles. The van der Waals surface area contributed by atoms with Crippen molar-refractivity contribution in [3.05, 3.63) is 39.7 Å². The van der Waals surface area contributed by atoms with Gasteiger partial charge in [-0.3, -0.25) is 15.0 Å². The number of nitrogens with zero attached hydrogens (tertiary/aromatic N) is 2. The van der Waals surface area contributed by atoms with Gasteiger partial charge in [0.2, 0.25) is 5.82 Å². The SMILES string of the molecule is O=[N+]([O-])c1ccc(CNC2CCN3CCCC23)cc1F. The normalized spacial score (nSPS) is 25.9. The second-order valence-electron chi connectivity index (χ2n) is 5.56. The Bertz CT molecular complexity index is 523. The third kappa shape index (κ3) is 2.53. The largest absolute Gasteiger partial charge is 0.308 e. The van der Waals surface area contributed by atoms with Crippen LogP contribution in [0.25, 0.3) is 0 Å². The van der Waals surface area contributed by atoms with E-state index in [2.05, 4.69) is 10.2 Å². The van der Waals surface area contributed by atoms with Crippen LogP contribution in [0.2, 0.25) is 0 Å². The number of nitrogens with one attached hydrogen (secondary N) is 1. The molecule has 0 aromatic heterocycles. The lowest BCUT2D eigenvalue weighted by atomic mass is 10.1. The molecule has 2 saturated heterocycles. The number of hydrogen-bond acceptors (Lipinski definition) is 4. The van der Waals surface area contributed by atoms with Crippen molar-refractivity contribution in [1.29, 1.82) is 0 Å². The van der Waals surface area contributed by atoms with Crippen molar-refractivity contribution in [3.8, 4) is 0 Å². The molecule has 108 valence electrons. The fourth-order valence-corrected chi connectivity index (χ4v) is 3.38. The van der Waals surface area contributed by atoms with Gasteiger partial charge in [0.1, 0.15) is 0 Å². The number of rotatable bonds is 4. The Balaban J connectivity index is 1.61. The molecule has 20 heavy (non-hydrogen) atoms. The molecular weight excluding hydrogens is 261 g/mol. The quantitative estimate of drug-likeness (QED) is 0.677. The lowest BCUT2D eigenvalue weighted by Crippen LogP contribution is -2.38. The summed E-state index contributed by atoms with van der Waals surface area (Å²) in [4.78, 5) is 12.4. The fourth-order valence-electron chi connectivity index (χ4n) is 3.38. The summed E-state index contributed by atoms with van der Waals surface area (Å²) >= 11 is 0. The summed E-state index contributed by atoms with van der Waals surface area (Å²) in [7, 11) is 0. The zero-order valence-electron chi connectivity index (χ0n) is 11.2. The van der Waals surface area contributed by atoms with Gasteiger partial charge in [-0.2, -0.15) is 4.39 Å². The zero-order chi connectivity index (χ0) is 14.1. The van der Waals surface area contributed by atoms with E-state index in [1.165, 1.54) is 31.5 Å². The van der Waals surface area contributed by atoms with E-state index >= 15 is 0 Å². The first-order valence-corrected chi connectivity index (χ1v) is 7.05. The van der Waals surface area contributed by atoms with Gasteiger partial charge in [-0.1, -0.05) is 6.07 Å². The standard InChI is InChI=1S/C14H18FN3O2/c15-11-8-10(3-4-13(11)18(19)20)9-16-12-5-7-17-6-1-2-14(12)17/h3-4,8,12,14,16H,1-2,5-7,9H2. The van der Waals surface area contributed by atoms with E-state index < -0.39 is 16.4 Å². The molecule has 1 aromatic rings. The number of benzene rings is 1. The minimum Gasteiger partial charge on any atom is -0.308 e. The van der Waals surface area contributed by atoms with Crippen LogP contribution in [0, 0.1) is 15.9 Å². The Hall–Kier alpha value is -1.53. The molecule has 2 unspecified atom stereocenters. The Morgan fingerprint density at radius 3 is 3.00 bits per heavy atom. The monoisotopic (exact) mass is 279 g/mol. The first-order chi connectivity index (χ1) is 9.65. The first kappa shape index (κ1) is 13.5. The lowest BCUT2D eigenvalue weighted by Gasteiger charge is -2.21. The molecule has 3 rings (SSSR count). The van der Waals surface area contributed by atoms with Crippen LogP contribution in [-0.2, 0) is 6.54 Å². The molecule has 0 radical (unpaired) electrons. The summed E-state index contributed by atoms with van der Waals surface area (Å²) in [6.07, 6.45) is 3.61. The van der Waals surface area contributed by atoms with Gasteiger partial charge in [0, 0.05) is 31.2 Å². The van der Waals surface area contributed by atoms with Crippen molar-refractivity contribution in [3.63, 3.8) is 0 Å². The number of halogens is 1. The third-order valence-corrected chi connectivity index (χ3v) is 4.38. The van der Waals surface area contributed by atoms with Crippen LogP contribution in [0.15, 0.2) is 18.2 Å². The molecule has 1 N–H and O–H groups in total. The molecule has 5 nitrogen and oxygen atoms in total. The van der Waals surface area contributed by atoms with Gasteiger partial charge in [-0.15, -0.1) is 0 Å². The van der Waals surface area contributed by atoms with E-state index in [-0.39, 0.29) is 0 Å². The fraction of sp³-hybridized carbons (Fsp3) is 0.571. The highest BCUT2D eigenvalue weighted by Crippen LogP contribution is 2.28. The summed E-state index contributed by atoms with van der Waals surface area (Å²) < 4.78 is 13.5. The Kier molecular flexibility index (Phi) is 3.67.